The zero-order chi connectivity index (χ0) is 24.1. The SMILES string of the molecule is CCc1ccc(-c2ccc(=O)n(CCC(=O)N3CCN(c4ccc(C(C)=O)cc4)CC3)n2)cc1. The lowest BCUT2D eigenvalue weighted by Crippen LogP contribution is -2.49. The number of hydrogen-bond acceptors (Lipinski definition) is 5. The number of amides is 1. The van der Waals surface area contributed by atoms with Crippen LogP contribution in [0.15, 0.2) is 65.5 Å². The predicted octanol–water partition coefficient (Wildman–Crippen LogP) is 3.41. The molecule has 176 valence electrons. The maximum atomic E-state index is 12.8. The molecule has 0 saturated carbocycles. The highest BCUT2D eigenvalue weighted by molar-refractivity contribution is 5.94. The lowest BCUT2D eigenvalue weighted by atomic mass is 10.1. The van der Waals surface area contributed by atoms with Crippen LogP contribution in [0.25, 0.3) is 11.3 Å². The number of benzene rings is 2. The van der Waals surface area contributed by atoms with Crippen molar-refractivity contribution < 1.29 is 9.59 Å². The summed E-state index contributed by atoms with van der Waals surface area (Å²) in [7, 11) is 0. The van der Waals surface area contributed by atoms with Crippen molar-refractivity contribution in [2.45, 2.75) is 33.2 Å². The topological polar surface area (TPSA) is 75.5 Å². The van der Waals surface area contributed by atoms with Gasteiger partial charge in [-0.3, -0.25) is 14.4 Å². The Morgan fingerprint density at radius 1 is 0.882 bits per heavy atom. The van der Waals surface area contributed by atoms with Crippen LogP contribution < -0.4 is 10.5 Å². The Morgan fingerprint density at radius 2 is 1.56 bits per heavy atom. The lowest BCUT2D eigenvalue weighted by Gasteiger charge is -2.36. The van der Waals surface area contributed by atoms with E-state index in [1.54, 1.807) is 13.0 Å². The van der Waals surface area contributed by atoms with Crippen LogP contribution in [0.5, 0.6) is 0 Å². The van der Waals surface area contributed by atoms with Crippen molar-refractivity contribution in [1.82, 2.24) is 14.7 Å². The molecule has 7 nitrogen and oxygen atoms in total. The smallest absolute Gasteiger partial charge is 0.266 e. The normalized spacial score (nSPS) is 13.7. The molecule has 3 aromatic rings. The Bertz CT molecular complexity index is 1210. The molecule has 34 heavy (non-hydrogen) atoms. The van der Waals surface area contributed by atoms with Crippen molar-refractivity contribution in [3.8, 4) is 11.3 Å². The maximum absolute atomic E-state index is 12.8. The largest absolute Gasteiger partial charge is 0.368 e. The van der Waals surface area contributed by atoms with Crippen LogP contribution in [0.4, 0.5) is 5.69 Å². The van der Waals surface area contributed by atoms with Crippen LogP contribution in [0.2, 0.25) is 0 Å². The average molecular weight is 459 g/mol. The second-order valence-corrected chi connectivity index (χ2v) is 8.55. The van der Waals surface area contributed by atoms with Crippen molar-refractivity contribution in [2.24, 2.45) is 0 Å². The molecule has 1 aromatic heterocycles. The van der Waals surface area contributed by atoms with Crippen LogP contribution in [0.3, 0.4) is 0 Å². The first-order valence-corrected chi connectivity index (χ1v) is 11.8. The Labute approximate surface area is 199 Å². The van der Waals surface area contributed by atoms with Crippen molar-refractivity contribution >= 4 is 17.4 Å². The van der Waals surface area contributed by atoms with Crippen LogP contribution in [0, 0.1) is 0 Å². The molecular formula is C27H30N4O3. The number of piperazine rings is 1. The van der Waals surface area contributed by atoms with E-state index in [0.717, 1.165) is 36.5 Å². The molecule has 0 bridgehead atoms. The van der Waals surface area contributed by atoms with Gasteiger partial charge in [-0.15, -0.1) is 0 Å². The molecule has 1 amide bonds. The molecule has 0 aliphatic carbocycles. The number of Topliss-reactive ketones (excluding diaryl/α,β-unsaturated/α-hetero) is 1. The van der Waals surface area contributed by atoms with E-state index < -0.39 is 0 Å². The monoisotopic (exact) mass is 458 g/mol. The summed E-state index contributed by atoms with van der Waals surface area (Å²) >= 11 is 0. The number of ketones is 1. The molecule has 1 saturated heterocycles. The second-order valence-electron chi connectivity index (χ2n) is 8.55. The van der Waals surface area contributed by atoms with Gasteiger partial charge in [0.05, 0.1) is 12.2 Å². The molecule has 1 aliphatic rings. The minimum absolute atomic E-state index is 0.0259. The van der Waals surface area contributed by atoms with E-state index in [1.807, 2.05) is 41.3 Å². The summed E-state index contributed by atoms with van der Waals surface area (Å²) in [5.41, 5.74) is 4.46. The number of anilines is 1. The quantitative estimate of drug-likeness (QED) is 0.507. The molecule has 7 heteroatoms. The van der Waals surface area contributed by atoms with E-state index in [4.69, 9.17) is 0 Å². The molecule has 2 heterocycles. The van der Waals surface area contributed by atoms with Crippen molar-refractivity contribution in [3.63, 3.8) is 0 Å². The number of carbonyl (C=O) groups excluding carboxylic acids is 2. The van der Waals surface area contributed by atoms with Gasteiger partial charge in [0.2, 0.25) is 5.91 Å². The van der Waals surface area contributed by atoms with Gasteiger partial charge >= 0.3 is 0 Å². The first-order chi connectivity index (χ1) is 16.4. The van der Waals surface area contributed by atoms with Crippen LogP contribution in [0.1, 0.15) is 36.2 Å². The Kier molecular flexibility index (Phi) is 7.21. The fourth-order valence-electron chi connectivity index (χ4n) is 4.15. The second kappa shape index (κ2) is 10.5. The molecule has 0 spiro atoms. The highest BCUT2D eigenvalue weighted by Crippen LogP contribution is 2.19. The van der Waals surface area contributed by atoms with Gasteiger partial charge < -0.3 is 9.80 Å². The minimum Gasteiger partial charge on any atom is -0.368 e. The third-order valence-electron chi connectivity index (χ3n) is 6.33. The van der Waals surface area contributed by atoms with Gasteiger partial charge in [0.25, 0.3) is 5.56 Å². The highest BCUT2D eigenvalue weighted by Gasteiger charge is 2.21. The molecule has 4 rings (SSSR count). The van der Waals surface area contributed by atoms with Gasteiger partial charge in [0.1, 0.15) is 0 Å². The summed E-state index contributed by atoms with van der Waals surface area (Å²) in [6, 6.07) is 19.0. The summed E-state index contributed by atoms with van der Waals surface area (Å²) in [4.78, 5) is 40.6. The standard InChI is InChI=1S/C27H30N4O3/c1-3-21-4-6-23(7-5-21)25-12-13-27(34)31(28-25)15-14-26(33)30-18-16-29(17-19-30)24-10-8-22(9-11-24)20(2)32/h4-13H,3,14-19H2,1-2H3. The van der Waals surface area contributed by atoms with E-state index >= 15 is 0 Å². The lowest BCUT2D eigenvalue weighted by molar-refractivity contribution is -0.131. The number of aryl methyl sites for hydroxylation is 2. The molecule has 0 atom stereocenters. The molecule has 0 unspecified atom stereocenters. The Morgan fingerprint density at radius 3 is 2.18 bits per heavy atom. The summed E-state index contributed by atoms with van der Waals surface area (Å²) in [5, 5.41) is 4.49. The van der Waals surface area contributed by atoms with Gasteiger partial charge in [0.15, 0.2) is 5.78 Å². The molecule has 1 fully saturated rings. The van der Waals surface area contributed by atoms with Crippen LogP contribution in [-0.2, 0) is 17.8 Å². The Hall–Kier alpha value is -3.74. The fourth-order valence-corrected chi connectivity index (χ4v) is 4.15. The highest BCUT2D eigenvalue weighted by atomic mass is 16.2. The summed E-state index contributed by atoms with van der Waals surface area (Å²) in [5.74, 6) is 0.0773. The van der Waals surface area contributed by atoms with Gasteiger partial charge in [0, 0.05) is 55.5 Å². The van der Waals surface area contributed by atoms with Crippen LogP contribution in [-0.4, -0.2) is 52.5 Å². The van der Waals surface area contributed by atoms with E-state index in [-0.39, 0.29) is 30.2 Å². The molecule has 2 aromatic carbocycles. The van der Waals surface area contributed by atoms with E-state index in [2.05, 4.69) is 29.1 Å². The first-order valence-electron chi connectivity index (χ1n) is 11.8. The van der Waals surface area contributed by atoms with Crippen molar-refractivity contribution in [2.75, 3.05) is 31.1 Å². The molecule has 0 N–H and O–H groups in total. The van der Waals surface area contributed by atoms with E-state index in [9.17, 15) is 14.4 Å². The molecule has 0 radical (unpaired) electrons. The van der Waals surface area contributed by atoms with Crippen LogP contribution >= 0.6 is 0 Å². The maximum Gasteiger partial charge on any atom is 0.266 e. The molecule has 1 aliphatic heterocycles. The molecular weight excluding hydrogens is 428 g/mol. The van der Waals surface area contributed by atoms with Crippen molar-refractivity contribution in [1.29, 1.82) is 0 Å². The summed E-state index contributed by atoms with van der Waals surface area (Å²) in [6.07, 6.45) is 1.20. The zero-order valence-electron chi connectivity index (χ0n) is 19.7. The number of nitrogens with zero attached hydrogens (tertiary/aromatic N) is 4. The van der Waals surface area contributed by atoms with E-state index in [1.165, 1.54) is 16.3 Å². The number of aromatic nitrogens is 2. The third-order valence-corrected chi connectivity index (χ3v) is 6.33. The van der Waals surface area contributed by atoms with Gasteiger partial charge in [-0.05, 0) is 49.2 Å². The summed E-state index contributed by atoms with van der Waals surface area (Å²) < 4.78 is 1.38. The van der Waals surface area contributed by atoms with Crippen molar-refractivity contribution in [3.05, 3.63) is 82.1 Å². The Balaban J connectivity index is 1.33. The average Bonchev–Trinajstić information content (AvgIpc) is 2.88. The van der Waals surface area contributed by atoms with Gasteiger partial charge in [-0.25, -0.2) is 4.68 Å². The number of hydrogen-bond donors (Lipinski definition) is 0. The van der Waals surface area contributed by atoms with Gasteiger partial charge in [-0.1, -0.05) is 31.2 Å². The van der Waals surface area contributed by atoms with Gasteiger partial charge in [-0.2, -0.15) is 5.10 Å². The predicted molar refractivity (Wildman–Crippen MR) is 133 cm³/mol. The zero-order valence-corrected chi connectivity index (χ0v) is 19.7. The first kappa shape index (κ1) is 23.4. The number of rotatable bonds is 7. The minimum atomic E-state index is -0.208. The fraction of sp³-hybridized carbons (Fsp3) is 0.333. The number of carbonyl (C=O) groups is 2. The van der Waals surface area contributed by atoms with E-state index in [0.29, 0.717) is 18.7 Å². The third kappa shape index (κ3) is 5.42. The summed E-state index contributed by atoms with van der Waals surface area (Å²) in [6.45, 7) is 6.63.